The topological polar surface area (TPSA) is 38.9 Å². The van der Waals surface area contributed by atoms with Crippen molar-refractivity contribution in [3.63, 3.8) is 0 Å². The van der Waals surface area contributed by atoms with E-state index in [9.17, 15) is 0 Å². The van der Waals surface area contributed by atoms with Crippen molar-refractivity contribution in [2.75, 3.05) is 7.05 Å². The number of hydrogen-bond donors (Lipinski definition) is 0. The SMILES string of the molecule is Cc1nn(CN(C)Cc2nc3ccccc3s2)c(=S)n1C1CC1. The van der Waals surface area contributed by atoms with Gasteiger partial charge < -0.3 is 4.57 Å². The molecule has 1 aromatic carbocycles. The zero-order valence-corrected chi connectivity index (χ0v) is 14.9. The van der Waals surface area contributed by atoms with Crippen LogP contribution in [0.25, 0.3) is 10.2 Å². The lowest BCUT2D eigenvalue weighted by molar-refractivity contribution is 0.243. The molecule has 0 aliphatic heterocycles. The van der Waals surface area contributed by atoms with Crippen molar-refractivity contribution < 1.29 is 0 Å². The molecule has 1 saturated carbocycles. The molecule has 4 rings (SSSR count). The van der Waals surface area contributed by atoms with Crippen molar-refractivity contribution in [2.24, 2.45) is 0 Å². The van der Waals surface area contributed by atoms with Gasteiger partial charge in [0.05, 0.1) is 23.4 Å². The summed E-state index contributed by atoms with van der Waals surface area (Å²) in [4.78, 5) is 6.90. The Hall–Kier alpha value is -1.57. The summed E-state index contributed by atoms with van der Waals surface area (Å²) in [5, 5.41) is 5.74. The van der Waals surface area contributed by atoms with E-state index < -0.39 is 0 Å². The maximum atomic E-state index is 5.59. The first kappa shape index (κ1) is 15.0. The number of rotatable bonds is 5. The van der Waals surface area contributed by atoms with Gasteiger partial charge in [-0.3, -0.25) is 4.90 Å². The van der Waals surface area contributed by atoms with Gasteiger partial charge in [0.1, 0.15) is 10.8 Å². The maximum absolute atomic E-state index is 5.59. The largest absolute Gasteiger partial charge is 0.301 e. The Morgan fingerprint density at radius 3 is 2.87 bits per heavy atom. The van der Waals surface area contributed by atoms with Gasteiger partial charge in [0.2, 0.25) is 0 Å². The highest BCUT2D eigenvalue weighted by Gasteiger charge is 2.27. The third-order valence-electron chi connectivity index (χ3n) is 4.07. The van der Waals surface area contributed by atoms with Crippen LogP contribution in [0.15, 0.2) is 24.3 Å². The van der Waals surface area contributed by atoms with Crippen LogP contribution in [-0.4, -0.2) is 31.3 Å². The van der Waals surface area contributed by atoms with E-state index in [4.69, 9.17) is 17.2 Å². The lowest BCUT2D eigenvalue weighted by Gasteiger charge is -2.14. The fraction of sp³-hybridized carbons (Fsp3) is 0.438. The molecule has 1 fully saturated rings. The second-order valence-electron chi connectivity index (χ2n) is 6.16. The lowest BCUT2D eigenvalue weighted by atomic mass is 10.3. The Morgan fingerprint density at radius 1 is 1.35 bits per heavy atom. The van der Waals surface area contributed by atoms with Crippen LogP contribution in [0.3, 0.4) is 0 Å². The first-order valence-corrected chi connectivity index (χ1v) is 9.03. The van der Waals surface area contributed by atoms with Gasteiger partial charge in [0, 0.05) is 6.04 Å². The van der Waals surface area contributed by atoms with Crippen LogP contribution in [0.1, 0.15) is 29.7 Å². The zero-order valence-electron chi connectivity index (χ0n) is 13.3. The third-order valence-corrected chi connectivity index (χ3v) is 5.50. The number of nitrogens with zero attached hydrogens (tertiary/aromatic N) is 5. The molecule has 2 aromatic heterocycles. The first-order chi connectivity index (χ1) is 11.1. The van der Waals surface area contributed by atoms with Crippen LogP contribution >= 0.6 is 23.6 Å². The van der Waals surface area contributed by atoms with Gasteiger partial charge in [0.25, 0.3) is 0 Å². The van der Waals surface area contributed by atoms with Gasteiger partial charge in [0.15, 0.2) is 4.77 Å². The summed E-state index contributed by atoms with van der Waals surface area (Å²) in [6, 6.07) is 8.84. The van der Waals surface area contributed by atoms with Crippen molar-refractivity contribution in [1.82, 2.24) is 24.2 Å². The van der Waals surface area contributed by atoms with Gasteiger partial charge in [-0.15, -0.1) is 11.3 Å². The molecule has 0 saturated heterocycles. The smallest absolute Gasteiger partial charge is 0.199 e. The van der Waals surface area contributed by atoms with E-state index in [1.54, 1.807) is 11.3 Å². The lowest BCUT2D eigenvalue weighted by Crippen LogP contribution is -2.22. The van der Waals surface area contributed by atoms with Gasteiger partial charge in [-0.1, -0.05) is 12.1 Å². The average molecular weight is 345 g/mol. The minimum atomic E-state index is 0.575. The molecule has 3 aromatic rings. The monoisotopic (exact) mass is 345 g/mol. The van der Waals surface area contributed by atoms with Gasteiger partial charge in [-0.2, -0.15) is 5.10 Å². The summed E-state index contributed by atoms with van der Waals surface area (Å²) in [5.41, 5.74) is 1.08. The predicted octanol–water partition coefficient (Wildman–Crippen LogP) is 3.76. The number of thiazole rings is 1. The van der Waals surface area contributed by atoms with Crippen molar-refractivity contribution in [3.05, 3.63) is 39.9 Å². The number of fused-ring (bicyclic) bond motifs is 1. The number of aryl methyl sites for hydroxylation is 1. The molecule has 0 spiro atoms. The number of para-hydroxylation sites is 1. The van der Waals surface area contributed by atoms with Gasteiger partial charge >= 0.3 is 0 Å². The molecule has 1 aliphatic carbocycles. The molecule has 5 nitrogen and oxygen atoms in total. The van der Waals surface area contributed by atoms with E-state index in [0.29, 0.717) is 12.7 Å². The van der Waals surface area contributed by atoms with Crippen LogP contribution in [0, 0.1) is 11.7 Å². The van der Waals surface area contributed by atoms with E-state index in [1.807, 2.05) is 17.7 Å². The Balaban J connectivity index is 1.50. The summed E-state index contributed by atoms with van der Waals surface area (Å²) in [6.07, 6.45) is 2.45. The molecular weight excluding hydrogens is 326 g/mol. The molecule has 23 heavy (non-hydrogen) atoms. The summed E-state index contributed by atoms with van der Waals surface area (Å²) in [5.74, 6) is 1.02. The molecule has 0 radical (unpaired) electrons. The van der Waals surface area contributed by atoms with Crippen molar-refractivity contribution in [2.45, 2.75) is 39.0 Å². The predicted molar refractivity (Wildman–Crippen MR) is 95.1 cm³/mol. The molecule has 0 N–H and O–H groups in total. The fourth-order valence-corrected chi connectivity index (χ4v) is 4.30. The third kappa shape index (κ3) is 2.96. The highest BCUT2D eigenvalue weighted by molar-refractivity contribution is 7.71. The number of aromatic nitrogens is 4. The van der Waals surface area contributed by atoms with Crippen molar-refractivity contribution in [3.8, 4) is 0 Å². The van der Waals surface area contributed by atoms with E-state index in [2.05, 4.69) is 39.8 Å². The molecule has 7 heteroatoms. The van der Waals surface area contributed by atoms with Gasteiger partial charge in [-0.05, 0) is 51.2 Å². The molecule has 120 valence electrons. The number of hydrogen-bond acceptors (Lipinski definition) is 5. The Bertz CT molecular complexity index is 870. The minimum absolute atomic E-state index is 0.575. The molecule has 1 aliphatic rings. The second kappa shape index (κ2) is 5.81. The van der Waals surface area contributed by atoms with E-state index in [-0.39, 0.29) is 0 Å². The van der Waals surface area contributed by atoms with E-state index in [1.165, 1.54) is 17.5 Å². The van der Waals surface area contributed by atoms with Crippen LogP contribution < -0.4 is 0 Å². The van der Waals surface area contributed by atoms with Crippen LogP contribution in [0.2, 0.25) is 0 Å². The van der Waals surface area contributed by atoms with Crippen LogP contribution in [0.5, 0.6) is 0 Å². The Labute approximate surface area is 144 Å². The summed E-state index contributed by atoms with van der Waals surface area (Å²) < 4.78 is 6.19. The molecule has 0 unspecified atom stereocenters. The highest BCUT2D eigenvalue weighted by Crippen LogP contribution is 2.35. The first-order valence-electron chi connectivity index (χ1n) is 7.81. The molecule has 0 amide bonds. The summed E-state index contributed by atoms with van der Waals surface area (Å²) >= 11 is 7.34. The summed E-state index contributed by atoms with van der Waals surface area (Å²) in [7, 11) is 2.08. The normalized spacial score (nSPS) is 14.9. The number of benzene rings is 1. The zero-order chi connectivity index (χ0) is 16.0. The van der Waals surface area contributed by atoms with E-state index in [0.717, 1.165) is 27.7 Å². The molecule has 0 bridgehead atoms. The quantitative estimate of drug-likeness (QED) is 0.660. The Morgan fingerprint density at radius 2 is 2.13 bits per heavy atom. The standard InChI is InChI=1S/C16H19N5S2/c1-11-18-20(16(22)21(11)12-7-8-12)10-19(2)9-15-17-13-5-3-4-6-14(13)23-15/h3-6,12H,7-10H2,1-2H3. The van der Waals surface area contributed by atoms with E-state index >= 15 is 0 Å². The van der Waals surface area contributed by atoms with Crippen LogP contribution in [0.4, 0.5) is 0 Å². The van der Waals surface area contributed by atoms with Crippen molar-refractivity contribution >= 4 is 33.8 Å². The Kier molecular flexibility index (Phi) is 3.79. The van der Waals surface area contributed by atoms with Crippen LogP contribution in [-0.2, 0) is 13.2 Å². The second-order valence-corrected chi connectivity index (χ2v) is 7.64. The molecule has 0 atom stereocenters. The maximum Gasteiger partial charge on any atom is 0.199 e. The van der Waals surface area contributed by atoms with Gasteiger partial charge in [-0.25, -0.2) is 9.67 Å². The average Bonchev–Trinajstić information content (AvgIpc) is 3.19. The molecule has 2 heterocycles. The van der Waals surface area contributed by atoms with Crippen molar-refractivity contribution in [1.29, 1.82) is 0 Å². The minimum Gasteiger partial charge on any atom is -0.301 e. The molecular formula is C16H19N5S2. The highest BCUT2D eigenvalue weighted by atomic mass is 32.1. The summed E-state index contributed by atoms with van der Waals surface area (Å²) in [6.45, 7) is 3.53. The fourth-order valence-electron chi connectivity index (χ4n) is 2.87.